The minimum atomic E-state index is -0.603. The maximum Gasteiger partial charge on any atom is 0.261 e. The van der Waals surface area contributed by atoms with Crippen molar-refractivity contribution < 1.29 is 14.3 Å². The number of aryl methyl sites for hydroxylation is 2. The molecule has 0 saturated heterocycles. The average Bonchev–Trinajstić information content (AvgIpc) is 2.72. The number of hydrogen-bond acceptors (Lipinski definition) is 3. The van der Waals surface area contributed by atoms with E-state index in [0.29, 0.717) is 12.3 Å². The van der Waals surface area contributed by atoms with E-state index in [1.54, 1.807) is 11.8 Å². The van der Waals surface area contributed by atoms with E-state index in [-0.39, 0.29) is 24.5 Å². The van der Waals surface area contributed by atoms with Gasteiger partial charge in [0.15, 0.2) is 6.61 Å². The summed E-state index contributed by atoms with van der Waals surface area (Å²) >= 11 is 0. The standard InChI is InChI=1S/C25H34N2O3/c1-7-19(4)26-25(29)21(6)27(15-22-12-8-10-17(2)14-22)24(28)16-30-23-13-9-11-18(3)20(23)5/h8-14,19,21H,7,15-16H2,1-6H3,(H,26,29)/t19-,21+/m1/s1. The van der Waals surface area contributed by atoms with E-state index >= 15 is 0 Å². The Bertz CT molecular complexity index is 878. The normalized spacial score (nSPS) is 12.7. The van der Waals surface area contributed by atoms with Crippen LogP contribution in [0, 0.1) is 20.8 Å². The van der Waals surface area contributed by atoms with Crippen molar-refractivity contribution in [2.75, 3.05) is 6.61 Å². The highest BCUT2D eigenvalue weighted by Crippen LogP contribution is 2.21. The maximum atomic E-state index is 13.1. The molecule has 1 N–H and O–H groups in total. The van der Waals surface area contributed by atoms with Crippen LogP contribution in [0.4, 0.5) is 0 Å². The molecule has 0 radical (unpaired) electrons. The Labute approximate surface area is 180 Å². The van der Waals surface area contributed by atoms with Crippen LogP contribution in [-0.2, 0) is 16.1 Å². The van der Waals surface area contributed by atoms with Gasteiger partial charge in [0.2, 0.25) is 5.91 Å². The summed E-state index contributed by atoms with van der Waals surface area (Å²) in [5, 5.41) is 2.98. The van der Waals surface area contributed by atoms with Gasteiger partial charge in [-0.25, -0.2) is 0 Å². The van der Waals surface area contributed by atoms with E-state index in [9.17, 15) is 9.59 Å². The summed E-state index contributed by atoms with van der Waals surface area (Å²) in [5.41, 5.74) is 4.22. The topological polar surface area (TPSA) is 58.6 Å². The predicted molar refractivity (Wildman–Crippen MR) is 120 cm³/mol. The third-order valence-corrected chi connectivity index (χ3v) is 5.51. The van der Waals surface area contributed by atoms with Crippen LogP contribution in [0.15, 0.2) is 42.5 Å². The second-order valence-corrected chi connectivity index (χ2v) is 7.99. The molecule has 2 amide bonds. The first-order chi connectivity index (χ1) is 14.2. The van der Waals surface area contributed by atoms with Crippen molar-refractivity contribution >= 4 is 11.8 Å². The highest BCUT2D eigenvalue weighted by atomic mass is 16.5. The van der Waals surface area contributed by atoms with Crippen LogP contribution in [0.1, 0.15) is 49.4 Å². The molecule has 0 aromatic heterocycles. The lowest BCUT2D eigenvalue weighted by Crippen LogP contribution is -2.50. The lowest BCUT2D eigenvalue weighted by Gasteiger charge is -2.29. The Hall–Kier alpha value is -2.82. The molecule has 0 unspecified atom stereocenters. The molecular formula is C25H34N2O3. The van der Waals surface area contributed by atoms with Crippen LogP contribution in [-0.4, -0.2) is 35.4 Å². The number of benzene rings is 2. The van der Waals surface area contributed by atoms with Crippen molar-refractivity contribution in [1.82, 2.24) is 10.2 Å². The first kappa shape index (κ1) is 23.5. The van der Waals surface area contributed by atoms with E-state index in [1.807, 2.05) is 77.1 Å². The molecule has 2 aromatic carbocycles. The minimum absolute atomic E-state index is 0.0575. The molecule has 0 aliphatic rings. The quantitative estimate of drug-likeness (QED) is 0.670. The fourth-order valence-electron chi connectivity index (χ4n) is 3.16. The molecule has 2 aromatic rings. The summed E-state index contributed by atoms with van der Waals surface area (Å²) in [5.74, 6) is 0.317. The van der Waals surface area contributed by atoms with E-state index < -0.39 is 6.04 Å². The van der Waals surface area contributed by atoms with Gasteiger partial charge in [-0.15, -0.1) is 0 Å². The number of ether oxygens (including phenoxy) is 1. The largest absolute Gasteiger partial charge is 0.483 e. The second-order valence-electron chi connectivity index (χ2n) is 7.99. The average molecular weight is 411 g/mol. The van der Waals surface area contributed by atoms with E-state index in [0.717, 1.165) is 28.7 Å². The van der Waals surface area contributed by atoms with Crippen molar-refractivity contribution in [3.63, 3.8) is 0 Å². The fraction of sp³-hybridized carbons (Fsp3) is 0.440. The van der Waals surface area contributed by atoms with Crippen LogP contribution in [0.5, 0.6) is 5.75 Å². The Kier molecular flexibility index (Phi) is 8.46. The van der Waals surface area contributed by atoms with Crippen LogP contribution in [0.3, 0.4) is 0 Å². The molecular weight excluding hydrogens is 376 g/mol. The molecule has 0 fully saturated rings. The van der Waals surface area contributed by atoms with Crippen molar-refractivity contribution in [1.29, 1.82) is 0 Å². The van der Waals surface area contributed by atoms with Gasteiger partial charge in [0.1, 0.15) is 11.8 Å². The van der Waals surface area contributed by atoms with Gasteiger partial charge >= 0.3 is 0 Å². The molecule has 5 nitrogen and oxygen atoms in total. The second kappa shape index (κ2) is 10.8. The zero-order chi connectivity index (χ0) is 22.3. The minimum Gasteiger partial charge on any atom is -0.483 e. The van der Waals surface area contributed by atoms with E-state index in [1.165, 1.54) is 0 Å². The van der Waals surface area contributed by atoms with Gasteiger partial charge in [-0.1, -0.05) is 48.9 Å². The molecule has 0 saturated carbocycles. The molecule has 5 heteroatoms. The lowest BCUT2D eigenvalue weighted by molar-refractivity contribution is -0.142. The monoisotopic (exact) mass is 410 g/mol. The lowest BCUT2D eigenvalue weighted by atomic mass is 10.1. The number of carbonyl (C=O) groups excluding carboxylic acids is 2. The van der Waals surface area contributed by atoms with Crippen molar-refractivity contribution in [3.8, 4) is 5.75 Å². The Morgan fingerprint density at radius 1 is 1.07 bits per heavy atom. The Morgan fingerprint density at radius 2 is 1.77 bits per heavy atom. The SMILES string of the molecule is CC[C@@H](C)NC(=O)[C@H](C)N(Cc1cccc(C)c1)C(=O)COc1cccc(C)c1C. The summed E-state index contributed by atoms with van der Waals surface area (Å²) in [6.45, 7) is 12.0. The summed E-state index contributed by atoms with van der Waals surface area (Å²) in [6, 6.07) is 13.2. The van der Waals surface area contributed by atoms with Gasteiger partial charge in [-0.2, -0.15) is 0 Å². The van der Waals surface area contributed by atoms with E-state index in [2.05, 4.69) is 5.32 Å². The fourth-order valence-corrected chi connectivity index (χ4v) is 3.16. The summed E-state index contributed by atoms with van der Waals surface area (Å²) in [6.07, 6.45) is 0.833. The molecule has 0 heterocycles. The highest BCUT2D eigenvalue weighted by molar-refractivity contribution is 5.88. The van der Waals surface area contributed by atoms with Gasteiger partial charge in [0.25, 0.3) is 5.91 Å². The highest BCUT2D eigenvalue weighted by Gasteiger charge is 2.27. The van der Waals surface area contributed by atoms with Gasteiger partial charge in [0, 0.05) is 12.6 Å². The number of rotatable bonds is 9. The third kappa shape index (κ3) is 6.34. The van der Waals surface area contributed by atoms with Crippen molar-refractivity contribution in [3.05, 3.63) is 64.7 Å². The number of amides is 2. The maximum absolute atomic E-state index is 13.1. The molecule has 0 spiro atoms. The number of carbonyl (C=O) groups is 2. The number of nitrogens with zero attached hydrogens (tertiary/aromatic N) is 1. The zero-order valence-electron chi connectivity index (χ0n) is 19.0. The first-order valence-corrected chi connectivity index (χ1v) is 10.6. The summed E-state index contributed by atoms with van der Waals surface area (Å²) in [7, 11) is 0. The van der Waals surface area contributed by atoms with Gasteiger partial charge in [-0.05, 0) is 63.8 Å². The number of hydrogen-bond donors (Lipinski definition) is 1. The molecule has 162 valence electrons. The number of nitrogens with one attached hydrogen (secondary N) is 1. The Morgan fingerprint density at radius 3 is 2.43 bits per heavy atom. The third-order valence-electron chi connectivity index (χ3n) is 5.51. The van der Waals surface area contributed by atoms with Gasteiger partial charge < -0.3 is 15.0 Å². The smallest absolute Gasteiger partial charge is 0.261 e. The molecule has 2 rings (SSSR count). The predicted octanol–water partition coefficient (Wildman–Crippen LogP) is 4.32. The molecule has 0 aliphatic heterocycles. The van der Waals surface area contributed by atoms with Crippen molar-refractivity contribution in [2.45, 2.75) is 66.6 Å². The summed E-state index contributed by atoms with van der Waals surface area (Å²) < 4.78 is 5.83. The molecule has 30 heavy (non-hydrogen) atoms. The van der Waals surface area contributed by atoms with E-state index in [4.69, 9.17) is 4.74 Å². The Balaban J connectivity index is 2.19. The van der Waals surface area contributed by atoms with Crippen LogP contribution in [0.2, 0.25) is 0 Å². The first-order valence-electron chi connectivity index (χ1n) is 10.6. The molecule has 0 bridgehead atoms. The van der Waals surface area contributed by atoms with Gasteiger partial charge in [0.05, 0.1) is 0 Å². The molecule has 2 atom stereocenters. The molecule has 0 aliphatic carbocycles. The van der Waals surface area contributed by atoms with Crippen LogP contribution in [0.25, 0.3) is 0 Å². The van der Waals surface area contributed by atoms with Gasteiger partial charge in [-0.3, -0.25) is 9.59 Å². The summed E-state index contributed by atoms with van der Waals surface area (Å²) in [4.78, 5) is 27.5. The zero-order valence-corrected chi connectivity index (χ0v) is 19.0. The van der Waals surface area contributed by atoms with Crippen LogP contribution >= 0.6 is 0 Å². The van der Waals surface area contributed by atoms with Crippen molar-refractivity contribution in [2.24, 2.45) is 0 Å². The van der Waals surface area contributed by atoms with Crippen LogP contribution < -0.4 is 10.1 Å².